The van der Waals surface area contributed by atoms with Crippen molar-refractivity contribution in [3.63, 3.8) is 0 Å². The number of benzene rings is 1. The van der Waals surface area contributed by atoms with Gasteiger partial charge in [-0.25, -0.2) is 0 Å². The standard InChI is InChI=1S/C9H11NO2.3Na.H3O4P/c1-2-10-9(12)7-5-3-4-6-8(7)11;;;;1-5(2,3)4/h3-6,11H,2H2,1H3,(H,10,12);;;;(H3,1,2,3,4)/q;3*+1;/p-3. The molecular weight excluding hydrogens is 318 g/mol. The van der Waals surface area contributed by atoms with Gasteiger partial charge in [0.1, 0.15) is 5.75 Å². The van der Waals surface area contributed by atoms with Crippen LogP contribution in [0.2, 0.25) is 0 Å². The molecule has 7 nitrogen and oxygen atoms in total. The van der Waals surface area contributed by atoms with Crippen LogP contribution in [0.3, 0.4) is 0 Å². The van der Waals surface area contributed by atoms with Gasteiger partial charge in [0, 0.05) is 6.54 Å². The molecule has 2 N–H and O–H groups in total. The first-order chi connectivity index (χ1) is 7.75. The Morgan fingerprint density at radius 3 is 1.95 bits per heavy atom. The molecular formula is C9H11NNa3O6P. The van der Waals surface area contributed by atoms with Crippen LogP contribution < -0.4 is 109 Å². The average molecular weight is 329 g/mol. The fraction of sp³-hybridized carbons (Fsp3) is 0.222. The largest absolute Gasteiger partial charge is 1.00 e. The predicted octanol–water partition coefficient (Wildman–Crippen LogP) is -10.7. The van der Waals surface area contributed by atoms with Gasteiger partial charge < -0.3 is 29.7 Å². The number of aromatic hydroxyl groups is 1. The van der Waals surface area contributed by atoms with Crippen LogP contribution in [-0.2, 0) is 4.57 Å². The first-order valence-corrected chi connectivity index (χ1v) is 6.01. The Morgan fingerprint density at radius 1 is 1.20 bits per heavy atom. The Bertz CT molecular complexity index is 420. The second-order valence-electron chi connectivity index (χ2n) is 2.82. The van der Waals surface area contributed by atoms with Crippen molar-refractivity contribution in [1.29, 1.82) is 0 Å². The van der Waals surface area contributed by atoms with Crippen molar-refractivity contribution in [1.82, 2.24) is 5.32 Å². The maximum Gasteiger partial charge on any atom is 1.00 e. The molecule has 11 heteroatoms. The summed E-state index contributed by atoms with van der Waals surface area (Å²) in [5.41, 5.74) is 0.319. The molecule has 0 fully saturated rings. The minimum absolute atomic E-state index is 0. The molecule has 0 heterocycles. The molecule has 1 rings (SSSR count). The van der Waals surface area contributed by atoms with Gasteiger partial charge in [-0.1, -0.05) is 12.1 Å². The van der Waals surface area contributed by atoms with Crippen LogP contribution in [0.4, 0.5) is 0 Å². The second-order valence-corrected chi connectivity index (χ2v) is 3.72. The summed E-state index contributed by atoms with van der Waals surface area (Å²) in [5, 5.41) is 11.9. The number of phenols is 1. The van der Waals surface area contributed by atoms with Crippen molar-refractivity contribution in [2.45, 2.75) is 6.92 Å². The second kappa shape index (κ2) is 15.5. The van der Waals surface area contributed by atoms with E-state index in [9.17, 15) is 9.90 Å². The molecule has 0 aliphatic heterocycles. The molecule has 0 aliphatic carbocycles. The Balaban J connectivity index is -0.000000141. The number of hydrogen-bond donors (Lipinski definition) is 2. The topological polar surface area (TPSA) is 136 Å². The molecule has 0 atom stereocenters. The zero-order valence-electron chi connectivity index (χ0n) is 12.0. The number of hydrogen-bond acceptors (Lipinski definition) is 6. The van der Waals surface area contributed by atoms with E-state index >= 15 is 0 Å². The zero-order valence-corrected chi connectivity index (χ0v) is 18.8. The van der Waals surface area contributed by atoms with Crippen molar-refractivity contribution < 1.29 is 118 Å². The summed E-state index contributed by atoms with van der Waals surface area (Å²) in [6.45, 7) is 2.39. The summed E-state index contributed by atoms with van der Waals surface area (Å²) < 4.78 is 8.55. The number of amides is 1. The number of carbonyl (C=O) groups is 1. The van der Waals surface area contributed by atoms with E-state index in [0.29, 0.717) is 12.1 Å². The minimum atomic E-state index is -5.39. The summed E-state index contributed by atoms with van der Waals surface area (Å²) in [4.78, 5) is 36.8. The molecule has 1 aromatic rings. The molecule has 0 saturated heterocycles. The maximum atomic E-state index is 11.2. The molecule has 1 amide bonds. The summed E-state index contributed by atoms with van der Waals surface area (Å²) in [7, 11) is -5.39. The number of phosphoric acid groups is 1. The number of para-hydroxylation sites is 1. The normalized spacial score (nSPS) is 8.60. The molecule has 0 unspecified atom stereocenters. The van der Waals surface area contributed by atoms with E-state index in [1.807, 2.05) is 6.92 Å². The maximum absolute atomic E-state index is 11.2. The number of carbonyl (C=O) groups excluding carboxylic acids is 1. The molecule has 20 heavy (non-hydrogen) atoms. The van der Waals surface area contributed by atoms with Crippen molar-refractivity contribution >= 4 is 13.7 Å². The first kappa shape index (κ1) is 29.6. The van der Waals surface area contributed by atoms with E-state index in [1.165, 1.54) is 6.07 Å². The molecule has 0 spiro atoms. The van der Waals surface area contributed by atoms with Crippen LogP contribution in [0.15, 0.2) is 24.3 Å². The van der Waals surface area contributed by atoms with Gasteiger partial charge in [-0.05, 0) is 19.1 Å². The van der Waals surface area contributed by atoms with E-state index in [-0.39, 0.29) is 100 Å². The minimum Gasteiger partial charge on any atom is -0.822 e. The summed E-state index contributed by atoms with van der Waals surface area (Å²) in [6.07, 6.45) is 0. The summed E-state index contributed by atoms with van der Waals surface area (Å²) >= 11 is 0. The third kappa shape index (κ3) is 17.7. The smallest absolute Gasteiger partial charge is 0.822 e. The van der Waals surface area contributed by atoms with E-state index < -0.39 is 7.82 Å². The summed E-state index contributed by atoms with van der Waals surface area (Å²) in [5.74, 6) is -0.223. The van der Waals surface area contributed by atoms with Crippen LogP contribution in [0.5, 0.6) is 5.75 Å². The van der Waals surface area contributed by atoms with Gasteiger partial charge in [0.05, 0.1) is 5.56 Å². The fourth-order valence-electron chi connectivity index (χ4n) is 0.921. The monoisotopic (exact) mass is 329 g/mol. The van der Waals surface area contributed by atoms with Crippen molar-refractivity contribution in [3.8, 4) is 5.75 Å². The SMILES string of the molecule is CCNC(=O)c1ccccc1O.O=P([O-])([O-])[O-].[Na+].[Na+].[Na+]. The predicted molar refractivity (Wildman–Crippen MR) is 53.7 cm³/mol. The zero-order chi connectivity index (χ0) is 13.5. The van der Waals surface area contributed by atoms with Crippen LogP contribution in [0.25, 0.3) is 0 Å². The van der Waals surface area contributed by atoms with Crippen LogP contribution >= 0.6 is 7.82 Å². The first-order valence-electron chi connectivity index (χ1n) is 4.55. The molecule has 0 saturated carbocycles. The molecule has 0 aliphatic rings. The number of rotatable bonds is 2. The van der Waals surface area contributed by atoms with E-state index in [2.05, 4.69) is 5.32 Å². The van der Waals surface area contributed by atoms with Gasteiger partial charge in [0.15, 0.2) is 0 Å². The third-order valence-corrected chi connectivity index (χ3v) is 1.49. The van der Waals surface area contributed by atoms with E-state index in [1.54, 1.807) is 18.2 Å². The van der Waals surface area contributed by atoms with Gasteiger partial charge in [-0.3, -0.25) is 4.79 Å². The number of phenolic OH excluding ortho intramolecular Hbond substituents is 1. The third-order valence-electron chi connectivity index (χ3n) is 1.49. The molecule has 0 aromatic heterocycles. The van der Waals surface area contributed by atoms with Crippen molar-refractivity contribution in [2.75, 3.05) is 6.54 Å². The molecule has 96 valence electrons. The van der Waals surface area contributed by atoms with Gasteiger partial charge in [-0.2, -0.15) is 7.82 Å². The Morgan fingerprint density at radius 2 is 1.60 bits per heavy atom. The summed E-state index contributed by atoms with van der Waals surface area (Å²) in [6, 6.07) is 6.47. The van der Waals surface area contributed by atoms with Crippen molar-refractivity contribution in [3.05, 3.63) is 29.8 Å². The Labute approximate surface area is 183 Å². The molecule has 0 bridgehead atoms. The Kier molecular flexibility index (Phi) is 22.9. The molecule has 0 radical (unpaired) electrons. The molecule has 1 aromatic carbocycles. The quantitative estimate of drug-likeness (QED) is 0.408. The van der Waals surface area contributed by atoms with E-state index in [4.69, 9.17) is 19.2 Å². The number of nitrogens with one attached hydrogen (secondary N) is 1. The van der Waals surface area contributed by atoms with Gasteiger partial charge in [0.2, 0.25) is 0 Å². The van der Waals surface area contributed by atoms with Gasteiger partial charge in [0.25, 0.3) is 5.91 Å². The van der Waals surface area contributed by atoms with E-state index in [0.717, 1.165) is 0 Å². The van der Waals surface area contributed by atoms with Crippen LogP contribution in [0, 0.1) is 0 Å². The average Bonchev–Trinajstić information content (AvgIpc) is 2.16. The Hall–Kier alpha value is 1.60. The van der Waals surface area contributed by atoms with Crippen molar-refractivity contribution in [2.24, 2.45) is 0 Å². The van der Waals surface area contributed by atoms with Gasteiger partial charge >= 0.3 is 88.7 Å². The van der Waals surface area contributed by atoms with Crippen LogP contribution in [-0.4, -0.2) is 17.6 Å². The van der Waals surface area contributed by atoms with Gasteiger partial charge in [-0.15, -0.1) is 0 Å². The van der Waals surface area contributed by atoms with Crippen LogP contribution in [0.1, 0.15) is 17.3 Å². The fourth-order valence-corrected chi connectivity index (χ4v) is 0.921.